The average molecular weight is 341 g/mol. The van der Waals surface area contributed by atoms with Crippen molar-refractivity contribution < 1.29 is 0 Å². The van der Waals surface area contributed by atoms with Gasteiger partial charge >= 0.3 is 0 Å². The molecule has 146 valence electrons. The molecule has 0 spiro atoms. The highest BCUT2D eigenvalue weighted by molar-refractivity contribution is 4.96. The zero-order chi connectivity index (χ0) is 19.4. The predicted molar refractivity (Wildman–Crippen MR) is 114 cm³/mol. The first-order valence-electron chi connectivity index (χ1n) is 10.4. The lowest BCUT2D eigenvalue weighted by Gasteiger charge is -2.10. The van der Waals surface area contributed by atoms with Crippen LogP contribution in [0.15, 0.2) is 24.6 Å². The van der Waals surface area contributed by atoms with Crippen molar-refractivity contribution in [2.24, 2.45) is 11.8 Å². The molecule has 0 radical (unpaired) electrons. The van der Waals surface area contributed by atoms with Crippen LogP contribution in [0.5, 0.6) is 0 Å². The van der Waals surface area contributed by atoms with E-state index in [0.29, 0.717) is 0 Å². The number of hydrogen-bond acceptors (Lipinski definition) is 2. The van der Waals surface area contributed by atoms with Gasteiger partial charge in [0.05, 0.1) is 0 Å². The summed E-state index contributed by atoms with van der Waals surface area (Å²) in [4.78, 5) is 4.50. The topological polar surface area (TPSA) is 6.48 Å². The highest BCUT2D eigenvalue weighted by Gasteiger charge is 2.11. The minimum atomic E-state index is 0.833. The summed E-state index contributed by atoms with van der Waals surface area (Å²) in [7, 11) is 4.26. The third-order valence-corrected chi connectivity index (χ3v) is 3.59. The molecule has 2 aliphatic heterocycles. The number of rotatable bonds is 4. The van der Waals surface area contributed by atoms with Crippen molar-refractivity contribution in [2.45, 2.75) is 81.1 Å². The molecule has 2 heterocycles. The maximum Gasteiger partial charge on any atom is 0.0232 e. The van der Waals surface area contributed by atoms with E-state index in [-0.39, 0.29) is 0 Å². The lowest BCUT2D eigenvalue weighted by molar-refractivity contribution is 0.421. The number of hydrogen-bond donors (Lipinski definition) is 0. The minimum absolute atomic E-state index is 0.833. The van der Waals surface area contributed by atoms with Crippen LogP contribution >= 0.6 is 0 Å². The quantitative estimate of drug-likeness (QED) is 0.555. The summed E-state index contributed by atoms with van der Waals surface area (Å²) in [6.45, 7) is 18.9. The molecule has 2 nitrogen and oxygen atoms in total. The molecule has 0 aromatic heterocycles. The van der Waals surface area contributed by atoms with Crippen LogP contribution in [0, 0.1) is 11.8 Å². The zero-order valence-electron chi connectivity index (χ0n) is 18.6. The van der Waals surface area contributed by atoms with E-state index >= 15 is 0 Å². The predicted octanol–water partition coefficient (Wildman–Crippen LogP) is 6.80. The summed E-state index contributed by atoms with van der Waals surface area (Å²) in [5.41, 5.74) is 0. The van der Waals surface area contributed by atoms with Gasteiger partial charge in [0.25, 0.3) is 0 Å². The van der Waals surface area contributed by atoms with Crippen molar-refractivity contribution in [3.8, 4) is 0 Å². The molecule has 2 aliphatic rings. The van der Waals surface area contributed by atoms with Gasteiger partial charge in [-0.15, -0.1) is 0 Å². The summed E-state index contributed by atoms with van der Waals surface area (Å²) in [6.07, 6.45) is 14.3. The van der Waals surface area contributed by atoms with Crippen molar-refractivity contribution in [3.05, 3.63) is 24.6 Å². The Labute approximate surface area is 155 Å². The lowest BCUT2D eigenvalue weighted by atomic mass is 10.1. The standard InChI is InChI=1S/2C8H15N.3C2H6/c2*1-3-4-8-5-6-9(2)7-8;3*1-2/h2*5-6,8H,3-4,7H2,1-2H3;3*1-2H3. The molecule has 0 N–H and O–H groups in total. The molecule has 0 saturated heterocycles. The summed E-state index contributed by atoms with van der Waals surface area (Å²) in [5, 5.41) is 0. The van der Waals surface area contributed by atoms with E-state index in [4.69, 9.17) is 0 Å². The van der Waals surface area contributed by atoms with Gasteiger partial charge in [-0.3, -0.25) is 0 Å². The van der Waals surface area contributed by atoms with E-state index < -0.39 is 0 Å². The Morgan fingerprint density at radius 1 is 0.667 bits per heavy atom. The Hall–Kier alpha value is -0.920. The van der Waals surface area contributed by atoms with Gasteiger partial charge in [0, 0.05) is 27.2 Å². The van der Waals surface area contributed by atoms with Gasteiger partial charge in [-0.2, -0.15) is 0 Å². The fraction of sp³-hybridized carbons (Fsp3) is 0.818. The average Bonchev–Trinajstić information content (AvgIpc) is 3.23. The first-order chi connectivity index (χ1) is 11.7. The first-order valence-corrected chi connectivity index (χ1v) is 10.4. The van der Waals surface area contributed by atoms with Gasteiger partial charge in [-0.25, -0.2) is 0 Å². The van der Waals surface area contributed by atoms with Gasteiger partial charge in [-0.1, -0.05) is 80.4 Å². The normalized spacial score (nSPS) is 19.9. The molecule has 0 bridgehead atoms. The van der Waals surface area contributed by atoms with Gasteiger partial charge in [0.2, 0.25) is 0 Å². The highest BCUT2D eigenvalue weighted by atomic mass is 15.1. The molecular formula is C22H48N2. The fourth-order valence-electron chi connectivity index (χ4n) is 2.64. The maximum atomic E-state index is 2.31. The monoisotopic (exact) mass is 340 g/mol. The zero-order valence-corrected chi connectivity index (χ0v) is 18.6. The van der Waals surface area contributed by atoms with E-state index in [0.717, 1.165) is 11.8 Å². The lowest BCUT2D eigenvalue weighted by Crippen LogP contribution is -2.12. The highest BCUT2D eigenvalue weighted by Crippen LogP contribution is 2.15. The SMILES string of the molecule is CC.CC.CC.CCCC1C=CN(C)C1.CCCC1C=CN(C)C1. The van der Waals surface area contributed by atoms with Crippen LogP contribution in [0.3, 0.4) is 0 Å². The van der Waals surface area contributed by atoms with Crippen molar-refractivity contribution in [3.63, 3.8) is 0 Å². The fourth-order valence-corrected chi connectivity index (χ4v) is 2.64. The van der Waals surface area contributed by atoms with Crippen LogP contribution in [-0.4, -0.2) is 37.0 Å². The van der Waals surface area contributed by atoms with Crippen LogP contribution in [-0.2, 0) is 0 Å². The Kier molecular flexibility index (Phi) is 25.7. The summed E-state index contributed by atoms with van der Waals surface area (Å²) < 4.78 is 0. The van der Waals surface area contributed by atoms with E-state index in [9.17, 15) is 0 Å². The summed E-state index contributed by atoms with van der Waals surface area (Å²) in [6, 6.07) is 0. The molecule has 0 fully saturated rings. The van der Waals surface area contributed by atoms with E-state index in [1.807, 2.05) is 41.5 Å². The van der Waals surface area contributed by atoms with Crippen LogP contribution < -0.4 is 0 Å². The van der Waals surface area contributed by atoms with Gasteiger partial charge in [0.1, 0.15) is 0 Å². The van der Waals surface area contributed by atoms with E-state index in [1.54, 1.807) is 0 Å². The minimum Gasteiger partial charge on any atom is -0.380 e. The first kappa shape index (κ1) is 27.9. The largest absolute Gasteiger partial charge is 0.380 e. The molecule has 0 aliphatic carbocycles. The van der Waals surface area contributed by atoms with Gasteiger partial charge in [0.15, 0.2) is 0 Å². The van der Waals surface area contributed by atoms with Crippen molar-refractivity contribution >= 4 is 0 Å². The van der Waals surface area contributed by atoms with Crippen molar-refractivity contribution in [1.82, 2.24) is 9.80 Å². The second-order valence-corrected chi connectivity index (χ2v) is 5.66. The molecular weight excluding hydrogens is 292 g/mol. The van der Waals surface area contributed by atoms with Gasteiger partial charge in [-0.05, 0) is 37.1 Å². The third-order valence-electron chi connectivity index (χ3n) is 3.59. The van der Waals surface area contributed by atoms with E-state index in [2.05, 4.69) is 62.3 Å². The second-order valence-electron chi connectivity index (χ2n) is 5.66. The summed E-state index contributed by atoms with van der Waals surface area (Å²) >= 11 is 0. The smallest absolute Gasteiger partial charge is 0.0232 e. The molecule has 24 heavy (non-hydrogen) atoms. The van der Waals surface area contributed by atoms with E-state index in [1.165, 1.54) is 38.8 Å². The molecule has 0 saturated carbocycles. The van der Waals surface area contributed by atoms with Gasteiger partial charge < -0.3 is 9.80 Å². The summed E-state index contributed by atoms with van der Waals surface area (Å²) in [5.74, 6) is 1.67. The third kappa shape index (κ3) is 16.0. The molecule has 2 rings (SSSR count). The Bertz CT molecular complexity index is 243. The Morgan fingerprint density at radius 2 is 0.958 bits per heavy atom. The van der Waals surface area contributed by atoms with Crippen LogP contribution in [0.2, 0.25) is 0 Å². The van der Waals surface area contributed by atoms with Crippen molar-refractivity contribution in [2.75, 3.05) is 27.2 Å². The maximum absolute atomic E-state index is 2.31. The molecule has 2 heteroatoms. The van der Waals surface area contributed by atoms with Crippen LogP contribution in [0.25, 0.3) is 0 Å². The number of nitrogens with zero attached hydrogens (tertiary/aromatic N) is 2. The molecule has 2 atom stereocenters. The van der Waals surface area contributed by atoms with Crippen LogP contribution in [0.4, 0.5) is 0 Å². The van der Waals surface area contributed by atoms with Crippen LogP contribution in [0.1, 0.15) is 81.1 Å². The Balaban J connectivity index is -0.000000281. The van der Waals surface area contributed by atoms with Crippen molar-refractivity contribution in [1.29, 1.82) is 0 Å². The second kappa shape index (κ2) is 22.1. The molecule has 2 unspecified atom stereocenters. The molecule has 0 aromatic rings. The Morgan fingerprint density at radius 3 is 1.12 bits per heavy atom. The molecule has 0 aromatic carbocycles. The molecule has 0 amide bonds.